The molecule has 3 rings (SSSR count). The fourth-order valence-electron chi connectivity index (χ4n) is 2.32. The number of nitrogens with one attached hydrogen (secondary N) is 1. The average molecular weight is 335 g/mol. The largest absolute Gasteiger partial charge is 0.441 e. The molecule has 3 N–H and O–H groups in total. The molecular formula is C19H17N3O3. The van der Waals surface area contributed by atoms with E-state index in [1.807, 2.05) is 30.3 Å². The summed E-state index contributed by atoms with van der Waals surface area (Å²) in [5, 5.41) is 2.76. The molecule has 1 heterocycles. The van der Waals surface area contributed by atoms with Crippen LogP contribution >= 0.6 is 0 Å². The van der Waals surface area contributed by atoms with E-state index in [-0.39, 0.29) is 12.3 Å². The van der Waals surface area contributed by atoms with Crippen LogP contribution in [0.1, 0.15) is 22.7 Å². The third-order valence-corrected chi connectivity index (χ3v) is 3.63. The second-order valence-corrected chi connectivity index (χ2v) is 5.47. The number of oxazole rings is 1. The van der Waals surface area contributed by atoms with Crippen LogP contribution in [0, 0.1) is 0 Å². The summed E-state index contributed by atoms with van der Waals surface area (Å²) >= 11 is 0. The summed E-state index contributed by atoms with van der Waals surface area (Å²) in [4.78, 5) is 27.2. The number of amides is 2. The number of carbonyl (C=O) groups is 2. The number of aryl methyl sites for hydroxylation is 1. The van der Waals surface area contributed by atoms with Crippen LogP contribution < -0.4 is 11.1 Å². The normalized spacial score (nSPS) is 10.4. The van der Waals surface area contributed by atoms with Crippen molar-refractivity contribution < 1.29 is 14.0 Å². The molecule has 0 fully saturated rings. The molecule has 0 saturated heterocycles. The number of aromatic nitrogens is 1. The molecule has 25 heavy (non-hydrogen) atoms. The summed E-state index contributed by atoms with van der Waals surface area (Å²) in [5.74, 6) is 0.526. The number of hydrogen-bond acceptors (Lipinski definition) is 4. The molecule has 0 aliphatic carbocycles. The zero-order valence-corrected chi connectivity index (χ0v) is 13.4. The maximum atomic E-state index is 12.0. The van der Waals surface area contributed by atoms with Crippen LogP contribution in [-0.2, 0) is 11.2 Å². The summed E-state index contributed by atoms with van der Waals surface area (Å²) in [5.41, 5.74) is 7.12. The monoisotopic (exact) mass is 335 g/mol. The van der Waals surface area contributed by atoms with Gasteiger partial charge in [-0.15, -0.1) is 0 Å². The topological polar surface area (TPSA) is 98.2 Å². The van der Waals surface area contributed by atoms with Gasteiger partial charge >= 0.3 is 0 Å². The molecule has 6 heteroatoms. The highest BCUT2D eigenvalue weighted by atomic mass is 16.4. The summed E-state index contributed by atoms with van der Waals surface area (Å²) < 4.78 is 5.67. The van der Waals surface area contributed by atoms with E-state index >= 15 is 0 Å². The molecule has 0 unspecified atom stereocenters. The lowest BCUT2D eigenvalue weighted by molar-refractivity contribution is -0.116. The second-order valence-electron chi connectivity index (χ2n) is 5.47. The average Bonchev–Trinajstić information content (AvgIpc) is 3.10. The van der Waals surface area contributed by atoms with Crippen LogP contribution in [0.2, 0.25) is 0 Å². The van der Waals surface area contributed by atoms with Crippen LogP contribution in [0.3, 0.4) is 0 Å². The first-order valence-corrected chi connectivity index (χ1v) is 7.81. The van der Waals surface area contributed by atoms with Crippen molar-refractivity contribution in [2.45, 2.75) is 12.8 Å². The van der Waals surface area contributed by atoms with E-state index < -0.39 is 5.91 Å². The second kappa shape index (κ2) is 7.44. The third-order valence-electron chi connectivity index (χ3n) is 3.63. The molecule has 2 aromatic carbocycles. The van der Waals surface area contributed by atoms with Gasteiger partial charge in [0.15, 0.2) is 11.7 Å². The molecule has 0 spiro atoms. The Labute approximate surface area is 144 Å². The van der Waals surface area contributed by atoms with Gasteiger partial charge in [0.05, 0.1) is 6.20 Å². The Kier molecular flexibility index (Phi) is 4.89. The van der Waals surface area contributed by atoms with Crippen molar-refractivity contribution in [1.29, 1.82) is 0 Å². The summed E-state index contributed by atoms with van der Waals surface area (Å²) in [7, 11) is 0. The lowest BCUT2D eigenvalue weighted by atomic mass is 10.2. The number of carbonyl (C=O) groups excluding carboxylic acids is 2. The first-order chi connectivity index (χ1) is 12.1. The van der Waals surface area contributed by atoms with Gasteiger partial charge in [-0.1, -0.05) is 30.3 Å². The van der Waals surface area contributed by atoms with E-state index in [1.165, 1.54) is 0 Å². The highest BCUT2D eigenvalue weighted by Crippen LogP contribution is 2.20. The summed E-state index contributed by atoms with van der Waals surface area (Å²) in [6, 6.07) is 16.1. The maximum absolute atomic E-state index is 12.0. The number of nitrogens with two attached hydrogens (primary N) is 1. The standard InChI is InChI=1S/C19H17N3O3/c20-19(24)14-6-8-15(9-7-14)22-17(23)10-11-18-21-12-16(25-18)13-4-2-1-3-5-13/h1-9,12H,10-11H2,(H2,20,24)(H,22,23). The minimum absolute atomic E-state index is 0.161. The van der Waals surface area contributed by atoms with Gasteiger partial charge in [0, 0.05) is 29.7 Å². The van der Waals surface area contributed by atoms with Crippen LogP contribution in [0.15, 0.2) is 65.2 Å². The molecular weight excluding hydrogens is 318 g/mol. The van der Waals surface area contributed by atoms with E-state index in [9.17, 15) is 9.59 Å². The molecule has 0 saturated carbocycles. The fraction of sp³-hybridized carbons (Fsp3) is 0.105. The Morgan fingerprint density at radius 2 is 1.76 bits per heavy atom. The molecule has 0 radical (unpaired) electrons. The molecule has 6 nitrogen and oxygen atoms in total. The van der Waals surface area contributed by atoms with Gasteiger partial charge in [-0.2, -0.15) is 0 Å². The minimum Gasteiger partial charge on any atom is -0.441 e. The van der Waals surface area contributed by atoms with E-state index in [4.69, 9.17) is 10.2 Å². The number of rotatable bonds is 6. The van der Waals surface area contributed by atoms with Crippen molar-refractivity contribution in [2.75, 3.05) is 5.32 Å². The van der Waals surface area contributed by atoms with Crippen molar-refractivity contribution in [3.63, 3.8) is 0 Å². The summed E-state index contributed by atoms with van der Waals surface area (Å²) in [6.07, 6.45) is 2.30. The highest BCUT2D eigenvalue weighted by molar-refractivity contribution is 5.94. The van der Waals surface area contributed by atoms with Crippen molar-refractivity contribution in [3.05, 3.63) is 72.2 Å². The van der Waals surface area contributed by atoms with Gasteiger partial charge in [-0.3, -0.25) is 9.59 Å². The lowest BCUT2D eigenvalue weighted by Crippen LogP contribution is -2.13. The number of anilines is 1. The molecule has 126 valence electrons. The van der Waals surface area contributed by atoms with Gasteiger partial charge in [0.25, 0.3) is 0 Å². The van der Waals surface area contributed by atoms with E-state index in [0.29, 0.717) is 29.3 Å². The number of primary amides is 1. The third kappa shape index (κ3) is 4.32. The molecule has 0 aliphatic heterocycles. The molecule has 0 aliphatic rings. The van der Waals surface area contributed by atoms with Gasteiger partial charge in [-0.05, 0) is 24.3 Å². The van der Waals surface area contributed by atoms with Crippen molar-refractivity contribution >= 4 is 17.5 Å². The number of benzene rings is 2. The van der Waals surface area contributed by atoms with E-state index in [1.54, 1.807) is 30.5 Å². The quantitative estimate of drug-likeness (QED) is 0.723. The van der Waals surface area contributed by atoms with Crippen LogP contribution in [-0.4, -0.2) is 16.8 Å². The van der Waals surface area contributed by atoms with Gasteiger partial charge in [0.2, 0.25) is 11.8 Å². The molecule has 1 aromatic heterocycles. The fourth-order valence-corrected chi connectivity index (χ4v) is 2.32. The van der Waals surface area contributed by atoms with Crippen molar-refractivity contribution in [3.8, 4) is 11.3 Å². The Morgan fingerprint density at radius 3 is 2.44 bits per heavy atom. The van der Waals surface area contributed by atoms with Crippen LogP contribution in [0.25, 0.3) is 11.3 Å². The van der Waals surface area contributed by atoms with Gasteiger partial charge < -0.3 is 15.5 Å². The predicted octanol–water partition coefficient (Wildman–Crippen LogP) is 3.01. The lowest BCUT2D eigenvalue weighted by Gasteiger charge is -2.04. The minimum atomic E-state index is -0.504. The van der Waals surface area contributed by atoms with E-state index in [0.717, 1.165) is 5.56 Å². The maximum Gasteiger partial charge on any atom is 0.248 e. The summed E-state index contributed by atoms with van der Waals surface area (Å²) in [6.45, 7) is 0. The smallest absolute Gasteiger partial charge is 0.248 e. The number of hydrogen-bond donors (Lipinski definition) is 2. The van der Waals surface area contributed by atoms with Crippen LogP contribution in [0.5, 0.6) is 0 Å². The Hall–Kier alpha value is -3.41. The zero-order chi connectivity index (χ0) is 17.6. The Bertz CT molecular complexity index is 870. The molecule has 3 aromatic rings. The predicted molar refractivity (Wildman–Crippen MR) is 93.8 cm³/mol. The van der Waals surface area contributed by atoms with Crippen LogP contribution in [0.4, 0.5) is 5.69 Å². The highest BCUT2D eigenvalue weighted by Gasteiger charge is 2.09. The molecule has 0 bridgehead atoms. The first-order valence-electron chi connectivity index (χ1n) is 7.81. The number of nitrogens with zero attached hydrogens (tertiary/aromatic N) is 1. The van der Waals surface area contributed by atoms with Crippen molar-refractivity contribution in [1.82, 2.24) is 4.98 Å². The van der Waals surface area contributed by atoms with E-state index in [2.05, 4.69) is 10.3 Å². The van der Waals surface area contributed by atoms with Gasteiger partial charge in [-0.25, -0.2) is 4.98 Å². The van der Waals surface area contributed by atoms with Gasteiger partial charge in [0.1, 0.15) is 0 Å². The Balaban J connectivity index is 1.54. The molecule has 2 amide bonds. The van der Waals surface area contributed by atoms with Crippen molar-refractivity contribution in [2.24, 2.45) is 5.73 Å². The first kappa shape index (κ1) is 16.4. The Morgan fingerprint density at radius 1 is 1.04 bits per heavy atom. The molecule has 0 atom stereocenters. The SMILES string of the molecule is NC(=O)c1ccc(NC(=O)CCc2ncc(-c3ccccc3)o2)cc1. The zero-order valence-electron chi connectivity index (χ0n) is 13.4.